The average molecular weight is 318 g/mol. The summed E-state index contributed by atoms with van der Waals surface area (Å²) in [5.74, 6) is -0.570. The van der Waals surface area contributed by atoms with Crippen molar-refractivity contribution in [3.05, 3.63) is 0 Å². The molecule has 0 fully saturated rings. The van der Waals surface area contributed by atoms with Crippen molar-refractivity contribution in [3.8, 4) is 0 Å². The molecule has 0 rings (SSSR count). The van der Waals surface area contributed by atoms with Crippen molar-refractivity contribution >= 4 is 28.3 Å². The van der Waals surface area contributed by atoms with Crippen LogP contribution in [0.15, 0.2) is 0 Å². The lowest BCUT2D eigenvalue weighted by Crippen LogP contribution is -2.51. The molecule has 0 bridgehead atoms. The van der Waals surface area contributed by atoms with Gasteiger partial charge in [0.1, 0.15) is 0 Å². The van der Waals surface area contributed by atoms with Crippen LogP contribution in [0.25, 0.3) is 0 Å². The van der Waals surface area contributed by atoms with Gasteiger partial charge >= 0.3 is 0 Å². The van der Waals surface area contributed by atoms with Gasteiger partial charge in [0.25, 0.3) is 0 Å². The van der Waals surface area contributed by atoms with Crippen LogP contribution in [0.3, 0.4) is 0 Å². The summed E-state index contributed by atoms with van der Waals surface area (Å²) < 4.78 is 30.0. The zero-order chi connectivity index (χ0) is 14.2. The molecule has 0 aliphatic heterocycles. The fourth-order valence-corrected chi connectivity index (χ4v) is 1.87. The van der Waals surface area contributed by atoms with Crippen LogP contribution in [0.1, 0.15) is 20.8 Å². The molecule has 9 heteroatoms. The third-order valence-electron chi connectivity index (χ3n) is 2.14. The van der Waals surface area contributed by atoms with Crippen molar-refractivity contribution in [2.45, 2.75) is 26.3 Å². The van der Waals surface area contributed by atoms with Gasteiger partial charge in [-0.25, -0.2) is 13.1 Å². The van der Waals surface area contributed by atoms with Gasteiger partial charge in [-0.1, -0.05) is 0 Å². The Balaban J connectivity index is 0. The molecule has 0 atom stereocenters. The average Bonchev–Trinajstić information content (AvgIpc) is 2.26. The number of hydrogen-bond acceptors (Lipinski definition) is 5. The first-order valence-corrected chi connectivity index (χ1v) is 7.44. The normalized spacial score (nSPS) is 11.8. The zero-order valence-electron chi connectivity index (χ0n) is 11.6. The predicted octanol–water partition coefficient (Wildman–Crippen LogP) is -0.782. The Morgan fingerprint density at radius 2 is 1.95 bits per heavy atom. The summed E-state index contributed by atoms with van der Waals surface area (Å²) in [6.45, 7) is 5.85. The van der Waals surface area contributed by atoms with Crippen molar-refractivity contribution in [2.24, 2.45) is 5.73 Å². The molecule has 0 spiro atoms. The lowest BCUT2D eigenvalue weighted by molar-refractivity contribution is -0.121. The number of nitrogens with two attached hydrogens (primary N) is 1. The summed E-state index contributed by atoms with van der Waals surface area (Å²) in [7, 11) is -3.48. The van der Waals surface area contributed by atoms with Crippen molar-refractivity contribution in [1.82, 2.24) is 10.0 Å². The van der Waals surface area contributed by atoms with Crippen molar-refractivity contribution in [1.29, 1.82) is 0 Å². The minimum atomic E-state index is -3.48. The Morgan fingerprint density at radius 1 is 1.37 bits per heavy atom. The standard InChI is InChI=1S/C10H23N3O4S.ClH/c1-4-17-5-6-18(15,16)12-7-9(14)13-10(2,3)8-11;/h12H,4-8,11H2,1-3H3,(H,13,14);1H. The van der Waals surface area contributed by atoms with E-state index < -0.39 is 21.5 Å². The van der Waals surface area contributed by atoms with Gasteiger partial charge < -0.3 is 15.8 Å². The molecule has 0 unspecified atom stereocenters. The first kappa shape index (κ1) is 20.9. The SMILES string of the molecule is CCOCCS(=O)(=O)NCC(=O)NC(C)(C)CN.Cl. The molecule has 116 valence electrons. The van der Waals surface area contributed by atoms with Gasteiger partial charge in [0, 0.05) is 18.7 Å². The molecule has 0 aromatic heterocycles. The number of carbonyl (C=O) groups excluding carboxylic acids is 1. The van der Waals surface area contributed by atoms with E-state index in [-0.39, 0.29) is 37.9 Å². The summed E-state index contributed by atoms with van der Waals surface area (Å²) in [6.07, 6.45) is 0. The maximum absolute atomic E-state index is 11.5. The summed E-state index contributed by atoms with van der Waals surface area (Å²) in [5.41, 5.74) is 4.90. The second-order valence-corrected chi connectivity index (χ2v) is 6.40. The van der Waals surface area contributed by atoms with Crippen molar-refractivity contribution < 1.29 is 17.9 Å². The summed E-state index contributed by atoms with van der Waals surface area (Å²) in [6, 6.07) is 0. The topological polar surface area (TPSA) is 111 Å². The Bertz CT molecular complexity index is 360. The maximum atomic E-state index is 11.5. The molecule has 0 saturated heterocycles. The number of amides is 1. The van der Waals surface area contributed by atoms with Crippen LogP contribution in [0.5, 0.6) is 0 Å². The highest BCUT2D eigenvalue weighted by Crippen LogP contribution is 1.97. The fraction of sp³-hybridized carbons (Fsp3) is 0.900. The molecule has 0 aromatic rings. The van der Waals surface area contributed by atoms with Gasteiger partial charge in [-0.3, -0.25) is 4.79 Å². The first-order chi connectivity index (χ1) is 8.22. The third-order valence-corrected chi connectivity index (χ3v) is 3.43. The monoisotopic (exact) mass is 317 g/mol. The van der Waals surface area contributed by atoms with E-state index >= 15 is 0 Å². The number of ether oxygens (including phenoxy) is 1. The smallest absolute Gasteiger partial charge is 0.235 e. The molecule has 1 amide bonds. The summed E-state index contributed by atoms with van der Waals surface area (Å²) in [4.78, 5) is 11.5. The Hall–Kier alpha value is -0.410. The zero-order valence-corrected chi connectivity index (χ0v) is 13.2. The van der Waals surface area contributed by atoms with E-state index in [0.717, 1.165) is 0 Å². The maximum Gasteiger partial charge on any atom is 0.235 e. The second kappa shape index (κ2) is 9.49. The van der Waals surface area contributed by atoms with E-state index in [1.165, 1.54) is 0 Å². The molecular formula is C10H24ClN3O4S. The van der Waals surface area contributed by atoms with Crippen LogP contribution < -0.4 is 15.8 Å². The van der Waals surface area contributed by atoms with Gasteiger partial charge in [0.2, 0.25) is 15.9 Å². The van der Waals surface area contributed by atoms with E-state index in [1.54, 1.807) is 20.8 Å². The van der Waals surface area contributed by atoms with Gasteiger partial charge in [0.15, 0.2) is 0 Å². The minimum Gasteiger partial charge on any atom is -0.381 e. The van der Waals surface area contributed by atoms with Crippen LogP contribution in [-0.2, 0) is 19.6 Å². The summed E-state index contributed by atoms with van der Waals surface area (Å²) >= 11 is 0. The van der Waals surface area contributed by atoms with Crippen molar-refractivity contribution in [2.75, 3.05) is 32.1 Å². The number of nitrogens with one attached hydrogen (secondary N) is 2. The van der Waals surface area contributed by atoms with E-state index in [0.29, 0.717) is 6.61 Å². The van der Waals surface area contributed by atoms with E-state index in [1.807, 2.05) is 0 Å². The van der Waals surface area contributed by atoms with Gasteiger partial charge in [-0.05, 0) is 20.8 Å². The van der Waals surface area contributed by atoms with Crippen LogP contribution >= 0.6 is 12.4 Å². The second-order valence-electron chi connectivity index (χ2n) is 4.47. The highest BCUT2D eigenvalue weighted by molar-refractivity contribution is 7.89. The molecule has 0 aromatic carbocycles. The van der Waals surface area contributed by atoms with Gasteiger partial charge in [0.05, 0.1) is 18.9 Å². The van der Waals surface area contributed by atoms with E-state index in [4.69, 9.17) is 10.5 Å². The molecule has 19 heavy (non-hydrogen) atoms. The minimum absolute atomic E-state index is 0. The fourth-order valence-electron chi connectivity index (χ4n) is 1.03. The molecule has 0 saturated carbocycles. The quantitative estimate of drug-likeness (QED) is 0.483. The highest BCUT2D eigenvalue weighted by Gasteiger charge is 2.19. The Labute approximate surface area is 121 Å². The number of hydrogen-bond donors (Lipinski definition) is 3. The van der Waals surface area contributed by atoms with E-state index in [2.05, 4.69) is 10.0 Å². The Morgan fingerprint density at radius 3 is 2.42 bits per heavy atom. The van der Waals surface area contributed by atoms with Crippen LogP contribution in [0, 0.1) is 0 Å². The van der Waals surface area contributed by atoms with E-state index in [9.17, 15) is 13.2 Å². The lowest BCUT2D eigenvalue weighted by Gasteiger charge is -2.24. The van der Waals surface area contributed by atoms with Crippen LogP contribution in [0.4, 0.5) is 0 Å². The van der Waals surface area contributed by atoms with Gasteiger partial charge in [-0.15, -0.1) is 12.4 Å². The van der Waals surface area contributed by atoms with Crippen LogP contribution in [-0.4, -0.2) is 51.9 Å². The number of halogens is 1. The summed E-state index contributed by atoms with van der Waals surface area (Å²) in [5, 5.41) is 2.62. The first-order valence-electron chi connectivity index (χ1n) is 5.78. The number of carbonyl (C=O) groups is 1. The molecule has 0 aliphatic carbocycles. The third kappa shape index (κ3) is 11.1. The predicted molar refractivity (Wildman–Crippen MR) is 76.8 cm³/mol. The molecule has 7 nitrogen and oxygen atoms in total. The van der Waals surface area contributed by atoms with Crippen LogP contribution in [0.2, 0.25) is 0 Å². The lowest BCUT2D eigenvalue weighted by atomic mass is 10.1. The molecule has 0 heterocycles. The van der Waals surface area contributed by atoms with Gasteiger partial charge in [-0.2, -0.15) is 0 Å². The highest BCUT2D eigenvalue weighted by atomic mass is 35.5. The molecule has 4 N–H and O–H groups in total. The molecule has 0 radical (unpaired) electrons. The largest absolute Gasteiger partial charge is 0.381 e. The number of rotatable bonds is 9. The Kier molecular flexibility index (Phi) is 10.4. The molecular weight excluding hydrogens is 294 g/mol. The molecule has 0 aliphatic rings. The van der Waals surface area contributed by atoms with Crippen molar-refractivity contribution in [3.63, 3.8) is 0 Å². The number of sulfonamides is 1.